The molecule has 4 aliphatic rings. The van der Waals surface area contributed by atoms with Gasteiger partial charge in [-0.25, -0.2) is 29.5 Å². The van der Waals surface area contributed by atoms with Crippen LogP contribution in [0.2, 0.25) is 0 Å². The van der Waals surface area contributed by atoms with Gasteiger partial charge in [-0.05, 0) is 43.1 Å². The van der Waals surface area contributed by atoms with Crippen LogP contribution in [0.4, 0.5) is 5.82 Å². The summed E-state index contributed by atoms with van der Waals surface area (Å²) < 4.78 is 52.2. The van der Waals surface area contributed by atoms with Crippen molar-refractivity contribution in [1.29, 1.82) is 0 Å². The molecule has 0 radical (unpaired) electrons. The maximum absolute atomic E-state index is 13.8. The van der Waals surface area contributed by atoms with Crippen molar-refractivity contribution in [2.24, 2.45) is 5.73 Å². The van der Waals surface area contributed by atoms with Crippen molar-refractivity contribution in [3.63, 3.8) is 0 Å². The van der Waals surface area contributed by atoms with Crippen LogP contribution in [0.5, 0.6) is 0 Å². The van der Waals surface area contributed by atoms with E-state index in [0.717, 1.165) is 42.3 Å². The monoisotopic (exact) mass is 757 g/mol. The Hall–Kier alpha value is -2.20. The lowest BCUT2D eigenvalue weighted by Crippen LogP contribution is -2.36. The second-order valence-electron chi connectivity index (χ2n) is 12.1. The summed E-state index contributed by atoms with van der Waals surface area (Å²) in [5.74, 6) is 0.286. The number of aliphatic hydroxyl groups is 2. The van der Waals surface area contributed by atoms with Gasteiger partial charge < -0.3 is 45.1 Å². The van der Waals surface area contributed by atoms with Gasteiger partial charge in [0, 0.05) is 11.6 Å². The van der Waals surface area contributed by atoms with E-state index >= 15 is 0 Å². The fourth-order valence-corrected chi connectivity index (χ4v) is 9.69. The molecular weight excluding hydrogens is 724 g/mol. The molecule has 7 heterocycles. The third kappa shape index (κ3) is 6.12. The number of aryl methyl sites for hydroxylation is 2. The van der Waals surface area contributed by atoms with E-state index in [4.69, 9.17) is 50.8 Å². The largest absolute Gasteiger partial charge is 0.387 e. The maximum atomic E-state index is 13.8. The van der Waals surface area contributed by atoms with Gasteiger partial charge in [0.05, 0.1) is 31.8 Å². The SMILES string of the molecule is NCc1nc(N)c2ncn([C@@H]3O[C@@H]4COP(O)(=S)O[C@H]5[C@@H](O)[C@H](n6cc7c8c(ncnc86)CCCC7)O[C@@H]5COP(=O)(S)O[C@@H]3[C@@H]4O)c2n1. The van der Waals surface area contributed by atoms with Crippen LogP contribution >= 0.6 is 25.8 Å². The maximum Gasteiger partial charge on any atom is 0.386 e. The summed E-state index contributed by atoms with van der Waals surface area (Å²) in [5.41, 5.74) is 14.7. The van der Waals surface area contributed by atoms with Crippen molar-refractivity contribution < 1.29 is 47.2 Å². The molecule has 0 spiro atoms. The number of aromatic nitrogens is 7. The van der Waals surface area contributed by atoms with Crippen LogP contribution in [0.25, 0.3) is 22.2 Å². The van der Waals surface area contributed by atoms with Crippen molar-refractivity contribution in [1.82, 2.24) is 34.1 Å². The Labute approximate surface area is 288 Å². The van der Waals surface area contributed by atoms with E-state index in [0.29, 0.717) is 5.65 Å². The smallest absolute Gasteiger partial charge is 0.386 e. The van der Waals surface area contributed by atoms with Gasteiger partial charge in [-0.1, -0.05) is 12.2 Å². The highest BCUT2D eigenvalue weighted by Gasteiger charge is 2.53. The Kier molecular flexibility index (Phi) is 8.85. The predicted molar refractivity (Wildman–Crippen MR) is 176 cm³/mol. The Morgan fingerprint density at radius 3 is 2.55 bits per heavy atom. The predicted octanol–water partition coefficient (Wildman–Crippen LogP) is 0.779. The standard InChI is InChI=1S/C26H33N9O10P2S2/c27-5-15-32-22(28)17-24(33-15)35(10-31-17)26-21-18(36)13(42-26)7-40-46(38,48)44-20-14(8-41-47(39,49)45-21)43-25(19(20)37)34-6-11-3-1-2-4-12-16(11)23(34)30-9-29-12/h6,9-10,13-14,18-21,25-26,36-37H,1-5,7-8,27H2,(H,38,48)(H,39,49)(H2,28,32,33)/t13-,14-,18-,19-,20-,21-,25-,26-,46?,47?/m1/s1. The molecule has 4 aromatic heterocycles. The highest BCUT2D eigenvalue weighted by atomic mass is 32.7. The molecule has 19 nitrogen and oxygen atoms in total. The summed E-state index contributed by atoms with van der Waals surface area (Å²) >= 11 is 9.53. The van der Waals surface area contributed by atoms with E-state index in [1.54, 1.807) is 4.57 Å². The molecule has 3 saturated heterocycles. The normalized spacial score (nSPS) is 37.0. The van der Waals surface area contributed by atoms with E-state index in [2.05, 4.69) is 37.2 Å². The number of ether oxygens (including phenoxy) is 2. The summed E-state index contributed by atoms with van der Waals surface area (Å²) in [7, 11) is 0. The summed E-state index contributed by atoms with van der Waals surface area (Å²) in [4.78, 5) is 32.9. The van der Waals surface area contributed by atoms with Crippen LogP contribution in [0.3, 0.4) is 0 Å². The van der Waals surface area contributed by atoms with Crippen molar-refractivity contribution in [2.75, 3.05) is 18.9 Å². The van der Waals surface area contributed by atoms with E-state index in [9.17, 15) is 19.7 Å². The van der Waals surface area contributed by atoms with Crippen LogP contribution in [0.15, 0.2) is 18.9 Å². The topological polar surface area (TPSA) is 259 Å². The third-order valence-electron chi connectivity index (χ3n) is 9.04. The van der Waals surface area contributed by atoms with Gasteiger partial charge in [-0.15, -0.1) is 0 Å². The molecule has 0 aromatic carbocycles. The Morgan fingerprint density at radius 1 is 0.959 bits per heavy atom. The first-order valence-electron chi connectivity index (χ1n) is 15.4. The molecule has 2 bridgehead atoms. The van der Waals surface area contributed by atoms with E-state index in [-0.39, 0.29) is 29.4 Å². The quantitative estimate of drug-likeness (QED) is 0.125. The van der Waals surface area contributed by atoms with Crippen LogP contribution < -0.4 is 11.5 Å². The van der Waals surface area contributed by atoms with Crippen molar-refractivity contribution in [2.45, 2.75) is 81.3 Å². The van der Waals surface area contributed by atoms with Crippen molar-refractivity contribution in [3.8, 4) is 0 Å². The lowest BCUT2D eigenvalue weighted by atomic mass is 10.1. The number of rotatable bonds is 3. The van der Waals surface area contributed by atoms with Gasteiger partial charge in [-0.3, -0.25) is 18.1 Å². The molecule has 0 amide bonds. The highest BCUT2D eigenvalue weighted by Crippen LogP contribution is 2.58. The Bertz CT molecular complexity index is 2020. The van der Waals surface area contributed by atoms with Crippen LogP contribution in [-0.2, 0) is 63.3 Å². The molecule has 264 valence electrons. The van der Waals surface area contributed by atoms with Crippen molar-refractivity contribution >= 4 is 65.6 Å². The highest BCUT2D eigenvalue weighted by molar-refractivity contribution is 8.44. The summed E-state index contributed by atoms with van der Waals surface area (Å²) in [6.45, 7) is -9.46. The second-order valence-corrected chi connectivity index (χ2v) is 17.8. The minimum atomic E-state index is -4.32. The molecule has 1 aliphatic carbocycles. The zero-order valence-corrected chi connectivity index (χ0v) is 29.0. The number of nitrogens with zero attached hydrogens (tertiary/aromatic N) is 7. The molecule has 23 heteroatoms. The zero-order chi connectivity index (χ0) is 34.2. The first kappa shape index (κ1) is 33.9. The minimum absolute atomic E-state index is 0.0209. The number of hydrogen-bond donors (Lipinski definition) is 6. The molecule has 3 aliphatic heterocycles. The molecule has 2 unspecified atom stereocenters. The molecule has 4 aromatic rings. The van der Waals surface area contributed by atoms with E-state index < -0.39 is 75.8 Å². The average molecular weight is 758 g/mol. The van der Waals surface area contributed by atoms with Gasteiger partial charge in [0.25, 0.3) is 0 Å². The number of aliphatic hydroxyl groups excluding tert-OH is 2. The fourth-order valence-electron chi connectivity index (χ4n) is 6.78. The number of hydrogen-bond acceptors (Lipinski definition) is 17. The van der Waals surface area contributed by atoms with Crippen molar-refractivity contribution in [3.05, 3.63) is 35.9 Å². The number of fused-ring (bicyclic) bond motifs is 4. The van der Waals surface area contributed by atoms with Crippen LogP contribution in [0, 0.1) is 0 Å². The fraction of sp³-hybridized carbons (Fsp3) is 0.577. The van der Waals surface area contributed by atoms with E-state index in [1.165, 1.54) is 17.2 Å². The molecule has 7 N–H and O–H groups in total. The van der Waals surface area contributed by atoms with Gasteiger partial charge >= 0.3 is 13.5 Å². The lowest BCUT2D eigenvalue weighted by molar-refractivity contribution is -0.0587. The summed E-state index contributed by atoms with van der Waals surface area (Å²) in [5, 5.41) is 23.8. The van der Waals surface area contributed by atoms with Gasteiger partial charge in [0.15, 0.2) is 23.9 Å². The number of nitrogen functional groups attached to an aromatic ring is 1. The van der Waals surface area contributed by atoms with Gasteiger partial charge in [0.2, 0.25) is 0 Å². The first-order valence-corrected chi connectivity index (χ1v) is 20.7. The van der Waals surface area contributed by atoms with Crippen LogP contribution in [-0.4, -0.2) is 99.0 Å². The first-order chi connectivity index (χ1) is 23.4. The summed E-state index contributed by atoms with van der Waals surface area (Å²) in [6.07, 6.45) is -2.00. The minimum Gasteiger partial charge on any atom is -0.387 e. The van der Waals surface area contributed by atoms with Gasteiger partial charge in [-0.2, -0.15) is 0 Å². The Morgan fingerprint density at radius 2 is 1.73 bits per heavy atom. The average Bonchev–Trinajstić information content (AvgIpc) is 3.77. The van der Waals surface area contributed by atoms with Gasteiger partial charge in [0.1, 0.15) is 59.9 Å². The number of thiol groups is 1. The van der Waals surface area contributed by atoms with E-state index in [1.807, 2.05) is 6.20 Å². The number of imidazole rings is 1. The lowest BCUT2D eigenvalue weighted by Gasteiger charge is -2.27. The molecular formula is C26H33N9O10P2S2. The molecule has 3 fully saturated rings. The third-order valence-corrected chi connectivity index (χ3v) is 12.2. The number of nitrogens with two attached hydrogens (primary N) is 2. The number of anilines is 1. The Balaban J connectivity index is 1.11. The second kappa shape index (κ2) is 12.8. The molecule has 0 saturated carbocycles. The molecule has 8 rings (SSSR count). The molecule has 10 atom stereocenters. The summed E-state index contributed by atoms with van der Waals surface area (Å²) in [6, 6.07) is 0. The van der Waals surface area contributed by atoms with Crippen LogP contribution in [0.1, 0.15) is 42.4 Å². The molecule has 49 heavy (non-hydrogen) atoms. The zero-order valence-electron chi connectivity index (χ0n) is 25.5.